The zero-order valence-electron chi connectivity index (χ0n) is 9.55. The summed E-state index contributed by atoms with van der Waals surface area (Å²) in [6.07, 6.45) is -0.950. The lowest BCUT2D eigenvalue weighted by Crippen LogP contribution is -2.54. The number of aliphatic hydroxyl groups excluding tert-OH is 3. The van der Waals surface area contributed by atoms with Crippen LogP contribution in [0, 0.1) is 0 Å². The highest BCUT2D eigenvalue weighted by Crippen LogP contribution is 2.22. The van der Waals surface area contributed by atoms with Gasteiger partial charge in [-0.1, -0.05) is 19.9 Å². The van der Waals surface area contributed by atoms with E-state index in [-0.39, 0.29) is 5.91 Å². The topological polar surface area (TPSA) is 89.8 Å². The van der Waals surface area contributed by atoms with Gasteiger partial charge >= 0.3 is 0 Å². The molecule has 0 aromatic heterocycles. The van der Waals surface area contributed by atoms with Crippen molar-refractivity contribution in [2.45, 2.75) is 51.0 Å². The highest BCUT2D eigenvalue weighted by Gasteiger charge is 2.36. The van der Waals surface area contributed by atoms with Gasteiger partial charge in [0.15, 0.2) is 0 Å². The van der Waals surface area contributed by atoms with E-state index in [4.69, 9.17) is 0 Å². The van der Waals surface area contributed by atoms with E-state index >= 15 is 0 Å². The van der Waals surface area contributed by atoms with Crippen LogP contribution in [0.1, 0.15) is 26.7 Å². The summed E-state index contributed by atoms with van der Waals surface area (Å²) in [5.74, 6) is -0.195. The lowest BCUT2D eigenvalue weighted by atomic mass is 9.87. The molecular formula is C11H19NO4. The molecule has 0 spiro atoms. The molecule has 4 atom stereocenters. The molecule has 5 heteroatoms. The van der Waals surface area contributed by atoms with Gasteiger partial charge in [-0.25, -0.2) is 0 Å². The molecule has 0 fully saturated rings. The maximum atomic E-state index is 11.2. The van der Waals surface area contributed by atoms with Crippen LogP contribution in [0.15, 0.2) is 11.6 Å². The lowest BCUT2D eigenvalue weighted by molar-refractivity contribution is -0.123. The van der Waals surface area contributed by atoms with Gasteiger partial charge in [0.25, 0.3) is 0 Å². The molecule has 1 amide bonds. The monoisotopic (exact) mass is 229 g/mol. The normalized spacial score (nSPS) is 34.4. The van der Waals surface area contributed by atoms with Crippen LogP contribution in [0.5, 0.6) is 0 Å². The number of carbonyl (C=O) groups is 1. The van der Waals surface area contributed by atoms with Gasteiger partial charge in [0, 0.05) is 6.42 Å². The van der Waals surface area contributed by atoms with E-state index in [0.29, 0.717) is 18.4 Å². The Kier molecular flexibility index (Phi) is 4.46. The third-order valence-corrected chi connectivity index (χ3v) is 2.87. The first-order valence-corrected chi connectivity index (χ1v) is 5.55. The van der Waals surface area contributed by atoms with Gasteiger partial charge in [0.1, 0.15) is 18.3 Å². The number of aliphatic hydroxyl groups is 3. The molecule has 0 aromatic rings. The van der Waals surface area contributed by atoms with Crippen molar-refractivity contribution < 1.29 is 20.1 Å². The molecule has 0 aliphatic heterocycles. The van der Waals surface area contributed by atoms with E-state index in [1.807, 2.05) is 6.92 Å². The Morgan fingerprint density at radius 2 is 1.94 bits per heavy atom. The largest absolute Gasteiger partial charge is 0.388 e. The Hall–Kier alpha value is -0.910. The van der Waals surface area contributed by atoms with Crippen molar-refractivity contribution in [3.63, 3.8) is 0 Å². The third kappa shape index (κ3) is 2.61. The van der Waals surface area contributed by atoms with Crippen LogP contribution >= 0.6 is 0 Å². The number of rotatable bonds is 3. The number of hydrogen-bond acceptors (Lipinski definition) is 4. The summed E-state index contributed by atoms with van der Waals surface area (Å²) in [5, 5.41) is 31.5. The quantitative estimate of drug-likeness (QED) is 0.482. The van der Waals surface area contributed by atoms with Crippen molar-refractivity contribution in [2.75, 3.05) is 0 Å². The molecule has 4 N–H and O–H groups in total. The Bertz CT molecular complexity index is 290. The Morgan fingerprint density at radius 3 is 2.44 bits per heavy atom. The first-order chi connectivity index (χ1) is 7.51. The van der Waals surface area contributed by atoms with Gasteiger partial charge in [-0.05, 0) is 12.0 Å². The molecule has 1 aliphatic rings. The molecule has 1 aliphatic carbocycles. The van der Waals surface area contributed by atoms with Crippen LogP contribution in [0.4, 0.5) is 0 Å². The molecule has 16 heavy (non-hydrogen) atoms. The Balaban J connectivity index is 2.83. The first-order valence-electron chi connectivity index (χ1n) is 5.55. The van der Waals surface area contributed by atoms with Crippen LogP contribution in [0.2, 0.25) is 0 Å². The molecule has 1 unspecified atom stereocenters. The van der Waals surface area contributed by atoms with Crippen molar-refractivity contribution >= 4 is 5.91 Å². The van der Waals surface area contributed by atoms with Gasteiger partial charge in [-0.15, -0.1) is 0 Å². The highest BCUT2D eigenvalue weighted by atomic mass is 16.4. The van der Waals surface area contributed by atoms with Crippen LogP contribution in [0.3, 0.4) is 0 Å². The fraction of sp³-hybridized carbons (Fsp3) is 0.727. The van der Waals surface area contributed by atoms with E-state index in [9.17, 15) is 20.1 Å². The number of amides is 1. The minimum Gasteiger partial charge on any atom is -0.388 e. The van der Waals surface area contributed by atoms with Gasteiger partial charge in [-0.2, -0.15) is 0 Å². The molecule has 0 saturated carbocycles. The molecule has 0 aromatic carbocycles. The summed E-state index contributed by atoms with van der Waals surface area (Å²) in [6, 6.07) is -0.624. The molecule has 92 valence electrons. The summed E-state index contributed by atoms with van der Waals surface area (Å²) in [7, 11) is 0. The van der Waals surface area contributed by atoms with Crippen LogP contribution in [0.25, 0.3) is 0 Å². The second kappa shape index (κ2) is 5.43. The molecular weight excluding hydrogens is 210 g/mol. The fourth-order valence-electron chi connectivity index (χ4n) is 1.79. The van der Waals surface area contributed by atoms with E-state index in [1.165, 1.54) is 0 Å². The third-order valence-electron chi connectivity index (χ3n) is 2.87. The average molecular weight is 229 g/mol. The molecule has 0 bridgehead atoms. The van der Waals surface area contributed by atoms with E-state index in [0.717, 1.165) is 0 Å². The highest BCUT2D eigenvalue weighted by molar-refractivity contribution is 5.76. The van der Waals surface area contributed by atoms with Crippen molar-refractivity contribution in [2.24, 2.45) is 0 Å². The SMILES string of the molecule is CCC(=O)N[C@H]1C=C(CC)[C@@H](O)C(O)[C@H]1O. The minimum absolute atomic E-state index is 0.195. The van der Waals surface area contributed by atoms with Crippen molar-refractivity contribution in [1.82, 2.24) is 5.32 Å². The summed E-state index contributed by atoms with van der Waals surface area (Å²) in [4.78, 5) is 11.2. The summed E-state index contributed by atoms with van der Waals surface area (Å²) < 4.78 is 0. The van der Waals surface area contributed by atoms with Crippen molar-refractivity contribution in [1.29, 1.82) is 0 Å². The van der Waals surface area contributed by atoms with Gasteiger partial charge in [-0.3, -0.25) is 4.79 Å². The molecule has 0 saturated heterocycles. The maximum Gasteiger partial charge on any atom is 0.220 e. The maximum absolute atomic E-state index is 11.2. The minimum atomic E-state index is -1.25. The Labute approximate surface area is 94.8 Å². The molecule has 0 heterocycles. The van der Waals surface area contributed by atoms with Gasteiger partial charge in [0.2, 0.25) is 5.91 Å². The molecule has 5 nitrogen and oxygen atoms in total. The second-order valence-electron chi connectivity index (χ2n) is 3.97. The van der Waals surface area contributed by atoms with E-state index in [2.05, 4.69) is 5.32 Å². The summed E-state index contributed by atoms with van der Waals surface area (Å²) >= 11 is 0. The van der Waals surface area contributed by atoms with Crippen LogP contribution < -0.4 is 5.32 Å². The number of hydrogen-bond donors (Lipinski definition) is 4. The Morgan fingerprint density at radius 1 is 1.31 bits per heavy atom. The predicted octanol–water partition coefficient (Wildman–Crippen LogP) is -0.686. The van der Waals surface area contributed by atoms with Gasteiger partial charge in [0.05, 0.1) is 6.04 Å². The second-order valence-corrected chi connectivity index (χ2v) is 3.97. The van der Waals surface area contributed by atoms with E-state index < -0.39 is 24.4 Å². The predicted molar refractivity (Wildman–Crippen MR) is 58.6 cm³/mol. The lowest BCUT2D eigenvalue weighted by Gasteiger charge is -2.34. The fourth-order valence-corrected chi connectivity index (χ4v) is 1.79. The number of carbonyl (C=O) groups excluding carboxylic acids is 1. The summed E-state index contributed by atoms with van der Waals surface area (Å²) in [5.41, 5.74) is 0.638. The first kappa shape index (κ1) is 13.2. The molecule has 0 radical (unpaired) electrons. The van der Waals surface area contributed by atoms with Crippen LogP contribution in [-0.2, 0) is 4.79 Å². The summed E-state index contributed by atoms with van der Waals surface area (Å²) in [6.45, 7) is 3.55. The van der Waals surface area contributed by atoms with Crippen molar-refractivity contribution in [3.8, 4) is 0 Å². The van der Waals surface area contributed by atoms with Gasteiger partial charge < -0.3 is 20.6 Å². The standard InChI is InChI=1S/C11H19NO4/c1-3-6-5-7(12-8(13)4-2)10(15)11(16)9(6)14/h5,7,9-11,14-16H,3-4H2,1-2H3,(H,12,13)/t7-,9+,10-,11?/m0/s1. The zero-order chi connectivity index (χ0) is 12.3. The smallest absolute Gasteiger partial charge is 0.220 e. The average Bonchev–Trinajstić information content (AvgIpc) is 2.29. The number of nitrogens with one attached hydrogen (secondary N) is 1. The van der Waals surface area contributed by atoms with E-state index in [1.54, 1.807) is 13.0 Å². The molecule has 1 rings (SSSR count). The van der Waals surface area contributed by atoms with Crippen LogP contribution in [-0.4, -0.2) is 45.6 Å². The zero-order valence-corrected chi connectivity index (χ0v) is 9.55. The van der Waals surface area contributed by atoms with Crippen molar-refractivity contribution in [3.05, 3.63) is 11.6 Å².